The average Bonchev–Trinajstić information content (AvgIpc) is 2.90. The third kappa shape index (κ3) is 2.68. The van der Waals surface area contributed by atoms with Crippen LogP contribution in [-0.2, 0) is 19.1 Å². The summed E-state index contributed by atoms with van der Waals surface area (Å²) in [6, 6.07) is 0.253. The molecule has 0 saturated heterocycles. The molecule has 3 fully saturated rings. The molecule has 5 heteroatoms. The third-order valence-corrected chi connectivity index (χ3v) is 8.71. The van der Waals surface area contributed by atoms with E-state index < -0.39 is 0 Å². The molecule has 28 heavy (non-hydrogen) atoms. The van der Waals surface area contributed by atoms with Crippen LogP contribution in [0.1, 0.15) is 59.3 Å². The van der Waals surface area contributed by atoms with Crippen LogP contribution in [0.4, 0.5) is 0 Å². The fourth-order valence-corrected chi connectivity index (χ4v) is 7.28. The van der Waals surface area contributed by atoms with Gasteiger partial charge in [0, 0.05) is 29.8 Å². The summed E-state index contributed by atoms with van der Waals surface area (Å²) in [7, 11) is 1.93. The predicted molar refractivity (Wildman–Crippen MR) is 105 cm³/mol. The Bertz CT molecular complexity index is 730. The lowest BCUT2D eigenvalue weighted by atomic mass is 9.48. The minimum Gasteiger partial charge on any atom is -0.466 e. The summed E-state index contributed by atoms with van der Waals surface area (Å²) in [5.41, 5.74) is -0.323. The van der Waals surface area contributed by atoms with Crippen molar-refractivity contribution in [3.8, 4) is 0 Å². The average molecular weight is 388 g/mol. The highest BCUT2D eigenvalue weighted by molar-refractivity contribution is 5.92. The van der Waals surface area contributed by atoms with E-state index in [1.54, 1.807) is 13.0 Å². The van der Waals surface area contributed by atoms with Crippen LogP contribution in [0.25, 0.3) is 0 Å². The molecule has 7 atom stereocenters. The number of hydrogen-bond donors (Lipinski definition) is 0. The van der Waals surface area contributed by atoms with Gasteiger partial charge in [0.2, 0.25) is 5.91 Å². The van der Waals surface area contributed by atoms with Crippen LogP contribution in [0.3, 0.4) is 0 Å². The lowest BCUT2D eigenvalue weighted by molar-refractivity contribution is -0.147. The molecule has 3 aliphatic carbocycles. The molecule has 0 radical (unpaired) electrons. The van der Waals surface area contributed by atoms with Gasteiger partial charge >= 0.3 is 5.97 Å². The Kier molecular flexibility index (Phi) is 4.71. The molecule has 0 N–H and O–H groups in total. The third-order valence-electron chi connectivity index (χ3n) is 8.71. The number of carbonyl (C=O) groups is 3. The van der Waals surface area contributed by atoms with Gasteiger partial charge in [0.1, 0.15) is 5.78 Å². The number of carbonyl (C=O) groups excluding carboxylic acids is 3. The van der Waals surface area contributed by atoms with Gasteiger partial charge in [-0.3, -0.25) is 14.4 Å². The topological polar surface area (TPSA) is 63.7 Å². The van der Waals surface area contributed by atoms with Gasteiger partial charge in [0.25, 0.3) is 0 Å². The van der Waals surface area contributed by atoms with Gasteiger partial charge in [-0.2, -0.15) is 0 Å². The van der Waals surface area contributed by atoms with Crippen LogP contribution in [0, 0.1) is 34.5 Å². The van der Waals surface area contributed by atoms with Crippen LogP contribution >= 0.6 is 0 Å². The summed E-state index contributed by atoms with van der Waals surface area (Å²) >= 11 is 0. The van der Waals surface area contributed by atoms with Gasteiger partial charge in [-0.1, -0.05) is 19.9 Å². The van der Waals surface area contributed by atoms with Crippen LogP contribution in [0.15, 0.2) is 12.2 Å². The zero-order chi connectivity index (χ0) is 20.3. The number of esters is 1. The molecule has 0 bridgehead atoms. The van der Waals surface area contributed by atoms with Crippen molar-refractivity contribution in [2.24, 2.45) is 34.5 Å². The molecule has 0 aromatic rings. The first-order valence-corrected chi connectivity index (χ1v) is 10.9. The van der Waals surface area contributed by atoms with Crippen molar-refractivity contribution >= 4 is 17.7 Å². The first kappa shape index (κ1) is 19.7. The van der Waals surface area contributed by atoms with E-state index in [9.17, 15) is 14.4 Å². The zero-order valence-corrected chi connectivity index (χ0v) is 17.6. The van der Waals surface area contributed by atoms with E-state index in [0.717, 1.165) is 32.1 Å². The van der Waals surface area contributed by atoms with Crippen LogP contribution in [0.5, 0.6) is 0 Å². The Hall–Kier alpha value is -1.65. The lowest BCUT2D eigenvalue weighted by Gasteiger charge is -2.59. The lowest BCUT2D eigenvalue weighted by Crippen LogP contribution is -2.59. The summed E-state index contributed by atoms with van der Waals surface area (Å²) in [4.78, 5) is 39.4. The van der Waals surface area contributed by atoms with Crippen LogP contribution in [-0.4, -0.2) is 42.3 Å². The van der Waals surface area contributed by atoms with Crippen molar-refractivity contribution in [1.29, 1.82) is 0 Å². The normalized spacial score (nSPS) is 44.7. The second-order valence-electron chi connectivity index (χ2n) is 9.88. The SMILES string of the molecule is CCOC(=O)C[C@@H]1C[C@H]2C3CC[C@H]4N(C)C(=O)C=C[C@]4(C)C3CC[C@]2(C)C1=O. The number of ketones is 1. The molecule has 4 aliphatic rings. The van der Waals surface area contributed by atoms with E-state index in [-0.39, 0.29) is 46.9 Å². The van der Waals surface area contributed by atoms with Gasteiger partial charge in [-0.15, -0.1) is 0 Å². The Morgan fingerprint density at radius 3 is 2.68 bits per heavy atom. The maximum absolute atomic E-state index is 13.3. The molecule has 0 spiro atoms. The van der Waals surface area contributed by atoms with Gasteiger partial charge in [0.15, 0.2) is 0 Å². The quantitative estimate of drug-likeness (QED) is 0.697. The highest BCUT2D eigenvalue weighted by atomic mass is 16.5. The highest BCUT2D eigenvalue weighted by Crippen LogP contribution is 2.64. The number of rotatable bonds is 3. The van der Waals surface area contributed by atoms with Crippen LogP contribution in [0.2, 0.25) is 0 Å². The molecule has 1 aliphatic heterocycles. The maximum Gasteiger partial charge on any atom is 0.306 e. The summed E-state index contributed by atoms with van der Waals surface area (Å²) in [6.45, 7) is 6.62. The summed E-state index contributed by atoms with van der Waals surface area (Å²) in [5.74, 6) is 1.27. The van der Waals surface area contributed by atoms with E-state index in [4.69, 9.17) is 4.74 Å². The number of ether oxygens (including phenoxy) is 1. The molecular weight excluding hydrogens is 354 g/mol. The van der Waals surface area contributed by atoms with Gasteiger partial charge in [-0.05, 0) is 62.9 Å². The number of likely N-dealkylation sites (N-methyl/N-ethyl adjacent to an activating group) is 1. The van der Waals surface area contributed by atoms with Crippen molar-refractivity contribution in [3.05, 3.63) is 12.2 Å². The van der Waals surface area contributed by atoms with Crippen molar-refractivity contribution in [1.82, 2.24) is 4.90 Å². The predicted octanol–water partition coefficient (Wildman–Crippen LogP) is 3.37. The Balaban J connectivity index is 1.60. The summed E-state index contributed by atoms with van der Waals surface area (Å²) < 4.78 is 5.12. The van der Waals surface area contributed by atoms with E-state index >= 15 is 0 Å². The van der Waals surface area contributed by atoms with Crippen molar-refractivity contribution in [3.63, 3.8) is 0 Å². The maximum atomic E-state index is 13.3. The first-order valence-electron chi connectivity index (χ1n) is 10.9. The minimum absolute atomic E-state index is 0.0187. The molecule has 2 unspecified atom stereocenters. The smallest absolute Gasteiger partial charge is 0.306 e. The molecule has 4 rings (SSSR count). The molecule has 1 heterocycles. The fourth-order valence-electron chi connectivity index (χ4n) is 7.28. The van der Waals surface area contributed by atoms with E-state index in [2.05, 4.69) is 19.9 Å². The standard InChI is InChI=1S/C23H33NO4/c1-5-28-20(26)13-14-12-17-15-6-7-18-22(2,11-9-19(25)24(18)4)16(15)8-10-23(17,3)21(14)27/h9,11,14-18H,5-8,10,12-13H2,1-4H3/t14-,15?,16?,17-,18+,22+,23-/m0/s1. The second kappa shape index (κ2) is 6.70. The summed E-state index contributed by atoms with van der Waals surface area (Å²) in [6.07, 6.45) is 8.92. The molecule has 5 nitrogen and oxygen atoms in total. The van der Waals surface area contributed by atoms with E-state index in [0.29, 0.717) is 24.4 Å². The number of Topliss-reactive ketones (excluding diaryl/α,β-unsaturated/α-hetero) is 1. The van der Waals surface area contributed by atoms with E-state index in [1.165, 1.54) is 0 Å². The monoisotopic (exact) mass is 387 g/mol. The fraction of sp³-hybridized carbons (Fsp3) is 0.783. The Morgan fingerprint density at radius 2 is 1.96 bits per heavy atom. The molecular formula is C23H33NO4. The summed E-state index contributed by atoms with van der Waals surface area (Å²) in [5, 5.41) is 0. The van der Waals surface area contributed by atoms with Gasteiger partial charge in [0.05, 0.1) is 13.0 Å². The minimum atomic E-state index is -0.304. The van der Waals surface area contributed by atoms with Crippen molar-refractivity contribution < 1.29 is 19.1 Å². The molecule has 1 amide bonds. The van der Waals surface area contributed by atoms with Crippen molar-refractivity contribution in [2.75, 3.05) is 13.7 Å². The molecule has 154 valence electrons. The number of hydrogen-bond acceptors (Lipinski definition) is 4. The number of nitrogens with zero attached hydrogens (tertiary/aromatic N) is 1. The molecule has 3 saturated carbocycles. The Morgan fingerprint density at radius 1 is 1.21 bits per heavy atom. The molecule has 0 aromatic heterocycles. The highest BCUT2D eigenvalue weighted by Gasteiger charge is 2.62. The molecule has 0 aromatic carbocycles. The van der Waals surface area contributed by atoms with Crippen LogP contribution < -0.4 is 0 Å². The number of fused-ring (bicyclic) bond motifs is 5. The Labute approximate surface area is 167 Å². The largest absolute Gasteiger partial charge is 0.466 e. The first-order chi connectivity index (χ1) is 13.2. The zero-order valence-electron chi connectivity index (χ0n) is 17.6. The van der Waals surface area contributed by atoms with Gasteiger partial charge in [-0.25, -0.2) is 0 Å². The second-order valence-corrected chi connectivity index (χ2v) is 9.88. The number of amides is 1. The van der Waals surface area contributed by atoms with Gasteiger partial charge < -0.3 is 9.64 Å². The van der Waals surface area contributed by atoms with E-state index in [1.807, 2.05) is 11.9 Å². The van der Waals surface area contributed by atoms with Crippen molar-refractivity contribution in [2.45, 2.75) is 65.3 Å².